The SMILES string of the molecule is CN=C(NCCCN1C(=O)C2C3C=CC(C3)C2C1=O)NCCc1ccc(-n2cccn2)cc1. The molecular weight excluding hydrogens is 416 g/mol. The molecule has 2 aliphatic carbocycles. The average molecular weight is 447 g/mol. The summed E-state index contributed by atoms with van der Waals surface area (Å²) in [5, 5.41) is 10.8. The molecular formula is C25H30N6O2. The van der Waals surface area contributed by atoms with Crippen molar-refractivity contribution in [2.75, 3.05) is 26.7 Å². The van der Waals surface area contributed by atoms with Crippen LogP contribution in [0.3, 0.4) is 0 Å². The van der Waals surface area contributed by atoms with E-state index in [1.807, 2.05) is 16.9 Å². The molecule has 0 spiro atoms. The topological polar surface area (TPSA) is 91.6 Å². The van der Waals surface area contributed by atoms with E-state index in [0.717, 1.165) is 31.0 Å². The number of amides is 2. The molecule has 4 unspecified atom stereocenters. The maximum Gasteiger partial charge on any atom is 0.233 e. The maximum absolute atomic E-state index is 12.7. The highest BCUT2D eigenvalue weighted by Gasteiger charge is 2.58. The van der Waals surface area contributed by atoms with E-state index in [0.29, 0.717) is 19.5 Å². The predicted octanol–water partition coefficient (Wildman–Crippen LogP) is 1.78. The monoisotopic (exact) mass is 446 g/mol. The van der Waals surface area contributed by atoms with E-state index in [1.165, 1.54) is 10.5 Å². The predicted molar refractivity (Wildman–Crippen MR) is 126 cm³/mol. The van der Waals surface area contributed by atoms with Crippen LogP contribution < -0.4 is 10.6 Å². The minimum Gasteiger partial charge on any atom is -0.356 e. The molecule has 1 aliphatic heterocycles. The number of aromatic nitrogens is 2. The number of imide groups is 1. The fourth-order valence-electron chi connectivity index (χ4n) is 5.41. The van der Waals surface area contributed by atoms with Gasteiger partial charge in [0.2, 0.25) is 11.8 Å². The van der Waals surface area contributed by atoms with Crippen molar-refractivity contribution in [3.05, 3.63) is 60.4 Å². The van der Waals surface area contributed by atoms with Crippen molar-refractivity contribution < 1.29 is 9.59 Å². The number of hydrogen-bond donors (Lipinski definition) is 2. The summed E-state index contributed by atoms with van der Waals surface area (Å²) < 4.78 is 1.84. The molecule has 1 aromatic heterocycles. The van der Waals surface area contributed by atoms with Crippen molar-refractivity contribution in [2.24, 2.45) is 28.7 Å². The molecule has 2 N–H and O–H groups in total. The highest BCUT2D eigenvalue weighted by Crippen LogP contribution is 2.52. The van der Waals surface area contributed by atoms with Crippen LogP contribution in [0.25, 0.3) is 5.69 Å². The third-order valence-electron chi connectivity index (χ3n) is 7.05. The minimum atomic E-state index is -0.108. The average Bonchev–Trinajstić information content (AvgIpc) is 3.63. The molecule has 33 heavy (non-hydrogen) atoms. The van der Waals surface area contributed by atoms with Gasteiger partial charge in [-0.25, -0.2) is 4.68 Å². The van der Waals surface area contributed by atoms with Crippen LogP contribution in [-0.2, 0) is 16.0 Å². The number of guanidine groups is 1. The summed E-state index contributed by atoms with van der Waals surface area (Å²) in [6.45, 7) is 1.87. The van der Waals surface area contributed by atoms with Gasteiger partial charge in [0.1, 0.15) is 0 Å². The molecule has 2 bridgehead atoms. The molecule has 4 atom stereocenters. The molecule has 3 aliphatic rings. The lowest BCUT2D eigenvalue weighted by atomic mass is 9.85. The summed E-state index contributed by atoms with van der Waals surface area (Å²) in [7, 11) is 1.74. The lowest BCUT2D eigenvalue weighted by Gasteiger charge is -2.18. The van der Waals surface area contributed by atoms with Gasteiger partial charge in [-0.05, 0) is 54.9 Å². The van der Waals surface area contributed by atoms with E-state index < -0.39 is 0 Å². The van der Waals surface area contributed by atoms with Crippen molar-refractivity contribution in [3.63, 3.8) is 0 Å². The van der Waals surface area contributed by atoms with Gasteiger partial charge in [0, 0.05) is 39.1 Å². The van der Waals surface area contributed by atoms with E-state index in [4.69, 9.17) is 0 Å². The van der Waals surface area contributed by atoms with E-state index in [1.54, 1.807) is 13.2 Å². The molecule has 172 valence electrons. The second kappa shape index (κ2) is 9.21. The molecule has 2 aromatic rings. The Hall–Kier alpha value is -3.42. The second-order valence-corrected chi connectivity index (χ2v) is 8.97. The van der Waals surface area contributed by atoms with Gasteiger partial charge in [0.25, 0.3) is 0 Å². The first-order chi connectivity index (χ1) is 16.2. The Labute approximate surface area is 193 Å². The quantitative estimate of drug-likeness (QED) is 0.212. The Balaban J connectivity index is 1.02. The van der Waals surface area contributed by atoms with Gasteiger partial charge >= 0.3 is 0 Å². The number of carbonyl (C=O) groups is 2. The standard InChI is InChI=1S/C25H30N6O2/c1-26-25(28-13-10-17-4-8-20(9-5-17)31-15-3-12-29-31)27-11-2-14-30-23(32)21-18-6-7-19(16-18)22(21)24(30)33/h3-9,12,15,18-19,21-22H,2,10-11,13-14,16H2,1H3,(H2,26,27,28). The van der Waals surface area contributed by atoms with Crippen LogP contribution in [0, 0.1) is 23.7 Å². The fraction of sp³-hybridized carbons (Fsp3) is 0.440. The van der Waals surface area contributed by atoms with Crippen molar-refractivity contribution in [1.29, 1.82) is 0 Å². The van der Waals surface area contributed by atoms with Crippen LogP contribution in [-0.4, -0.2) is 59.1 Å². The molecule has 1 saturated carbocycles. The van der Waals surface area contributed by atoms with E-state index in [2.05, 4.69) is 57.1 Å². The summed E-state index contributed by atoms with van der Waals surface area (Å²) in [5.41, 5.74) is 2.27. The molecule has 8 heteroatoms. The zero-order valence-electron chi connectivity index (χ0n) is 18.9. The minimum absolute atomic E-state index is 0.0305. The first-order valence-corrected chi connectivity index (χ1v) is 11.7. The van der Waals surface area contributed by atoms with Crippen LogP contribution in [0.5, 0.6) is 0 Å². The molecule has 2 heterocycles. The zero-order chi connectivity index (χ0) is 22.8. The third kappa shape index (κ3) is 4.17. The zero-order valence-corrected chi connectivity index (χ0v) is 18.9. The molecule has 2 fully saturated rings. The largest absolute Gasteiger partial charge is 0.356 e. The molecule has 5 rings (SSSR count). The van der Waals surface area contributed by atoms with Crippen LogP contribution in [0.4, 0.5) is 0 Å². The van der Waals surface area contributed by atoms with Gasteiger partial charge in [0.15, 0.2) is 5.96 Å². The Morgan fingerprint density at radius 1 is 1.06 bits per heavy atom. The third-order valence-corrected chi connectivity index (χ3v) is 7.05. The fourth-order valence-corrected chi connectivity index (χ4v) is 5.41. The second-order valence-electron chi connectivity index (χ2n) is 8.97. The lowest BCUT2D eigenvalue weighted by molar-refractivity contribution is -0.140. The van der Waals surface area contributed by atoms with Crippen molar-refractivity contribution in [1.82, 2.24) is 25.3 Å². The number of hydrogen-bond acceptors (Lipinski definition) is 4. The van der Waals surface area contributed by atoms with Crippen LogP contribution >= 0.6 is 0 Å². The van der Waals surface area contributed by atoms with Crippen molar-refractivity contribution in [3.8, 4) is 5.69 Å². The normalized spacial score (nSPS) is 25.7. The first kappa shape index (κ1) is 21.4. The number of aliphatic imine (C=N–C) groups is 1. The van der Waals surface area contributed by atoms with Crippen LogP contribution in [0.1, 0.15) is 18.4 Å². The Morgan fingerprint density at radius 3 is 2.39 bits per heavy atom. The van der Waals surface area contributed by atoms with Crippen molar-refractivity contribution >= 4 is 17.8 Å². The summed E-state index contributed by atoms with van der Waals surface area (Å²) in [4.78, 5) is 31.3. The summed E-state index contributed by atoms with van der Waals surface area (Å²) in [6.07, 6.45) is 10.5. The number of fused-ring (bicyclic) bond motifs is 5. The molecule has 2 amide bonds. The van der Waals surface area contributed by atoms with Crippen molar-refractivity contribution in [2.45, 2.75) is 19.3 Å². The van der Waals surface area contributed by atoms with E-state index in [9.17, 15) is 9.59 Å². The van der Waals surface area contributed by atoms with Gasteiger partial charge in [-0.1, -0.05) is 24.3 Å². The number of carbonyl (C=O) groups excluding carboxylic acids is 2. The summed E-state index contributed by atoms with van der Waals surface area (Å²) in [6, 6.07) is 10.2. The molecule has 0 radical (unpaired) electrons. The smallest absolute Gasteiger partial charge is 0.233 e. The maximum atomic E-state index is 12.7. The number of nitrogens with zero attached hydrogens (tertiary/aromatic N) is 4. The number of likely N-dealkylation sites (tertiary alicyclic amines) is 1. The molecule has 1 saturated heterocycles. The Kier molecular flexibility index (Phi) is 5.98. The van der Waals surface area contributed by atoms with Gasteiger partial charge in [-0.15, -0.1) is 0 Å². The Bertz CT molecular complexity index is 1030. The van der Waals surface area contributed by atoms with Gasteiger partial charge < -0.3 is 10.6 Å². The van der Waals surface area contributed by atoms with Crippen LogP contribution in [0.2, 0.25) is 0 Å². The van der Waals surface area contributed by atoms with Crippen LogP contribution in [0.15, 0.2) is 59.9 Å². The highest BCUT2D eigenvalue weighted by atomic mass is 16.2. The Morgan fingerprint density at radius 2 is 1.76 bits per heavy atom. The summed E-state index contributed by atoms with van der Waals surface area (Å²) >= 11 is 0. The number of rotatable bonds is 8. The number of benzene rings is 1. The summed E-state index contributed by atoms with van der Waals surface area (Å²) in [5.74, 6) is 1.10. The van der Waals surface area contributed by atoms with Gasteiger partial charge in [-0.2, -0.15) is 5.10 Å². The van der Waals surface area contributed by atoms with E-state index in [-0.39, 0.29) is 35.5 Å². The lowest BCUT2D eigenvalue weighted by Crippen LogP contribution is -2.40. The molecule has 1 aromatic carbocycles. The number of nitrogens with one attached hydrogen (secondary N) is 2. The number of allylic oxidation sites excluding steroid dienone is 2. The highest BCUT2D eigenvalue weighted by molar-refractivity contribution is 6.06. The molecule has 8 nitrogen and oxygen atoms in total. The van der Waals surface area contributed by atoms with Gasteiger partial charge in [0.05, 0.1) is 17.5 Å². The van der Waals surface area contributed by atoms with Gasteiger partial charge in [-0.3, -0.25) is 19.5 Å². The first-order valence-electron chi connectivity index (χ1n) is 11.7. The van der Waals surface area contributed by atoms with E-state index >= 15 is 0 Å².